The third-order valence-corrected chi connectivity index (χ3v) is 6.25. The van der Waals surface area contributed by atoms with Crippen molar-refractivity contribution in [2.45, 2.75) is 32.2 Å². The molecule has 0 amide bonds. The SMILES string of the molecule is BN1CCC(CCc2noc3c(CN(C)C)c(-c4ccc(C#N)cc4)ccc23)CC1. The molecule has 1 aliphatic heterocycles. The summed E-state index contributed by atoms with van der Waals surface area (Å²) in [5.41, 5.74) is 6.03. The minimum Gasteiger partial charge on any atom is -0.356 e. The third kappa shape index (κ3) is 4.43. The van der Waals surface area contributed by atoms with Crippen LogP contribution in [0, 0.1) is 17.2 Å². The van der Waals surface area contributed by atoms with E-state index in [1.54, 1.807) is 0 Å². The van der Waals surface area contributed by atoms with E-state index in [4.69, 9.17) is 9.78 Å². The summed E-state index contributed by atoms with van der Waals surface area (Å²) in [6.07, 6.45) is 4.71. The van der Waals surface area contributed by atoms with Crippen LogP contribution in [0.4, 0.5) is 0 Å². The zero-order valence-corrected chi connectivity index (χ0v) is 18.2. The molecule has 4 rings (SSSR count). The number of hydrogen-bond donors (Lipinski definition) is 0. The number of benzene rings is 2. The Kier molecular flexibility index (Phi) is 6.22. The van der Waals surface area contributed by atoms with Crippen molar-refractivity contribution in [1.29, 1.82) is 5.26 Å². The average Bonchev–Trinajstić information content (AvgIpc) is 3.17. The van der Waals surface area contributed by atoms with Gasteiger partial charge in [0, 0.05) is 17.5 Å². The predicted octanol–water partition coefficient (Wildman–Crippen LogP) is 3.62. The molecule has 0 unspecified atom stereocenters. The van der Waals surface area contributed by atoms with Crippen LogP contribution in [0.25, 0.3) is 22.1 Å². The largest absolute Gasteiger partial charge is 0.356 e. The summed E-state index contributed by atoms with van der Waals surface area (Å²) in [7, 11) is 6.34. The van der Waals surface area contributed by atoms with Crippen LogP contribution in [-0.2, 0) is 13.0 Å². The van der Waals surface area contributed by atoms with E-state index < -0.39 is 0 Å². The number of nitrogens with zero attached hydrogens (tertiary/aromatic N) is 4. The van der Waals surface area contributed by atoms with Gasteiger partial charge in [-0.25, -0.2) is 0 Å². The average molecular weight is 400 g/mol. The van der Waals surface area contributed by atoms with Crippen LogP contribution >= 0.6 is 0 Å². The number of piperidine rings is 1. The van der Waals surface area contributed by atoms with E-state index in [1.165, 1.54) is 32.4 Å². The van der Waals surface area contributed by atoms with Gasteiger partial charge in [-0.2, -0.15) is 5.26 Å². The van der Waals surface area contributed by atoms with E-state index in [0.29, 0.717) is 5.56 Å². The molecule has 3 aromatic rings. The molecule has 1 saturated heterocycles. The number of hydrogen-bond acceptors (Lipinski definition) is 5. The summed E-state index contributed by atoms with van der Waals surface area (Å²) < 4.78 is 5.91. The molecule has 1 fully saturated rings. The Morgan fingerprint density at radius 2 is 1.90 bits per heavy atom. The molecular formula is C24H29BN4O. The first-order chi connectivity index (χ1) is 14.5. The molecule has 0 spiro atoms. The molecule has 1 aliphatic rings. The lowest BCUT2D eigenvalue weighted by Gasteiger charge is -2.29. The van der Waals surface area contributed by atoms with Crippen molar-refractivity contribution in [2.24, 2.45) is 5.92 Å². The fourth-order valence-corrected chi connectivity index (χ4v) is 4.45. The molecule has 154 valence electrons. The Bertz CT molecular complexity index is 1040. The van der Waals surface area contributed by atoms with Crippen LogP contribution in [0.5, 0.6) is 0 Å². The fraction of sp³-hybridized carbons (Fsp3) is 0.417. The molecule has 2 heterocycles. The minimum absolute atomic E-state index is 0.671. The van der Waals surface area contributed by atoms with Crippen molar-refractivity contribution in [3.8, 4) is 17.2 Å². The normalized spacial score (nSPS) is 15.7. The number of aryl methyl sites for hydroxylation is 1. The molecule has 0 N–H and O–H groups in total. The molecule has 2 aromatic carbocycles. The lowest BCUT2D eigenvalue weighted by atomic mass is 9.89. The van der Waals surface area contributed by atoms with E-state index in [-0.39, 0.29) is 0 Å². The number of fused-ring (bicyclic) bond motifs is 1. The van der Waals surface area contributed by atoms with Gasteiger partial charge in [0.2, 0.25) is 0 Å². The van der Waals surface area contributed by atoms with Crippen LogP contribution in [0.15, 0.2) is 40.9 Å². The maximum atomic E-state index is 9.09. The zero-order chi connectivity index (χ0) is 21.1. The monoisotopic (exact) mass is 400 g/mol. The van der Waals surface area contributed by atoms with Gasteiger partial charge in [-0.15, -0.1) is 0 Å². The van der Waals surface area contributed by atoms with Gasteiger partial charge in [-0.05, 0) is 88.1 Å². The Labute approximate surface area is 179 Å². The lowest BCUT2D eigenvalue weighted by Crippen LogP contribution is -2.31. The lowest BCUT2D eigenvalue weighted by molar-refractivity contribution is 0.270. The zero-order valence-electron chi connectivity index (χ0n) is 18.2. The van der Waals surface area contributed by atoms with Crippen LogP contribution < -0.4 is 0 Å². The van der Waals surface area contributed by atoms with Crippen molar-refractivity contribution in [3.05, 3.63) is 53.2 Å². The van der Waals surface area contributed by atoms with Gasteiger partial charge >= 0.3 is 0 Å². The van der Waals surface area contributed by atoms with Crippen LogP contribution in [0.3, 0.4) is 0 Å². The van der Waals surface area contributed by atoms with E-state index in [1.807, 2.05) is 24.3 Å². The molecule has 5 nitrogen and oxygen atoms in total. The van der Waals surface area contributed by atoms with Crippen LogP contribution in [0.1, 0.15) is 36.1 Å². The maximum Gasteiger partial charge on any atom is 0.185 e. The summed E-state index contributed by atoms with van der Waals surface area (Å²) in [5.74, 6) is 0.784. The molecule has 0 saturated carbocycles. The molecule has 0 radical (unpaired) electrons. The highest BCUT2D eigenvalue weighted by Gasteiger charge is 2.20. The molecule has 0 bridgehead atoms. The minimum atomic E-state index is 0.671. The van der Waals surface area contributed by atoms with Gasteiger partial charge in [-0.3, -0.25) is 0 Å². The Hall–Kier alpha value is -2.62. The van der Waals surface area contributed by atoms with Crippen molar-refractivity contribution < 1.29 is 4.52 Å². The van der Waals surface area contributed by atoms with Gasteiger partial charge in [0.25, 0.3) is 0 Å². The Balaban J connectivity index is 1.63. The number of rotatable bonds is 6. The van der Waals surface area contributed by atoms with Gasteiger partial charge in [0.05, 0.1) is 17.3 Å². The second-order valence-electron chi connectivity index (χ2n) is 8.81. The molecule has 0 aliphatic carbocycles. The quantitative estimate of drug-likeness (QED) is 0.592. The molecule has 1 aromatic heterocycles. The molecule has 30 heavy (non-hydrogen) atoms. The van der Waals surface area contributed by atoms with Crippen LogP contribution in [0.2, 0.25) is 0 Å². The highest BCUT2D eigenvalue weighted by atomic mass is 16.5. The van der Waals surface area contributed by atoms with E-state index in [0.717, 1.165) is 52.2 Å². The molecule has 0 atom stereocenters. The summed E-state index contributed by atoms with van der Waals surface area (Å²) >= 11 is 0. The molecule has 6 heteroatoms. The van der Waals surface area contributed by atoms with Crippen molar-refractivity contribution in [2.75, 3.05) is 27.2 Å². The van der Waals surface area contributed by atoms with E-state index >= 15 is 0 Å². The highest BCUT2D eigenvalue weighted by Crippen LogP contribution is 2.34. The van der Waals surface area contributed by atoms with Gasteiger partial charge in [0.15, 0.2) is 13.6 Å². The standard InChI is InChI=1S/C24H29BN4O/c1-28(2)16-22-20(19-6-3-18(15-26)4-7-19)8-9-21-23(27-30-24(21)22)10-5-17-11-13-29(25)14-12-17/h3-4,6-9,17H,5,10-14,16,25H2,1-2H3. The summed E-state index contributed by atoms with van der Waals surface area (Å²) in [5, 5.41) is 14.7. The predicted molar refractivity (Wildman–Crippen MR) is 123 cm³/mol. The maximum absolute atomic E-state index is 9.09. The van der Waals surface area contributed by atoms with Crippen molar-refractivity contribution in [3.63, 3.8) is 0 Å². The fourth-order valence-electron chi connectivity index (χ4n) is 4.45. The summed E-state index contributed by atoms with van der Waals surface area (Å²) in [4.78, 5) is 4.57. The molecular weight excluding hydrogens is 371 g/mol. The van der Waals surface area contributed by atoms with Gasteiger partial charge in [-0.1, -0.05) is 23.4 Å². The van der Waals surface area contributed by atoms with Crippen molar-refractivity contribution >= 4 is 19.0 Å². The number of aromatic nitrogens is 1. The summed E-state index contributed by atoms with van der Waals surface area (Å²) in [6.45, 7) is 3.17. The topological polar surface area (TPSA) is 56.3 Å². The first kappa shape index (κ1) is 20.6. The van der Waals surface area contributed by atoms with Crippen LogP contribution in [-0.4, -0.2) is 50.0 Å². The second kappa shape index (κ2) is 9.03. The first-order valence-electron chi connectivity index (χ1n) is 10.8. The highest BCUT2D eigenvalue weighted by molar-refractivity contribution is 6.04. The number of nitriles is 1. The summed E-state index contributed by atoms with van der Waals surface area (Å²) in [6, 6.07) is 14.3. The second-order valence-corrected chi connectivity index (χ2v) is 8.81. The van der Waals surface area contributed by atoms with Gasteiger partial charge in [0.1, 0.15) is 0 Å². The Morgan fingerprint density at radius 3 is 2.57 bits per heavy atom. The third-order valence-electron chi connectivity index (χ3n) is 6.25. The smallest absolute Gasteiger partial charge is 0.185 e. The Morgan fingerprint density at radius 1 is 1.17 bits per heavy atom. The van der Waals surface area contributed by atoms with E-state index in [2.05, 4.69) is 55.1 Å². The van der Waals surface area contributed by atoms with Crippen molar-refractivity contribution in [1.82, 2.24) is 14.9 Å². The first-order valence-corrected chi connectivity index (χ1v) is 10.8. The van der Waals surface area contributed by atoms with E-state index in [9.17, 15) is 0 Å². The van der Waals surface area contributed by atoms with Gasteiger partial charge < -0.3 is 14.2 Å².